The van der Waals surface area contributed by atoms with Crippen molar-refractivity contribution in [2.24, 2.45) is 23.3 Å². The minimum Gasteiger partial charge on any atom is -0.365 e. The average molecular weight is 644 g/mol. The van der Waals surface area contributed by atoms with Gasteiger partial charge in [-0.3, -0.25) is 9.59 Å². The zero-order valence-electron chi connectivity index (χ0n) is 22.2. The maximum absolute atomic E-state index is 12.7. The van der Waals surface area contributed by atoms with Crippen molar-refractivity contribution in [3.05, 3.63) is 50.5 Å². The highest BCUT2D eigenvalue weighted by Gasteiger charge is 2.38. The van der Waals surface area contributed by atoms with Crippen molar-refractivity contribution < 1.29 is 14.0 Å². The summed E-state index contributed by atoms with van der Waals surface area (Å²) < 4.78 is 13.7. The van der Waals surface area contributed by atoms with Gasteiger partial charge in [-0.25, -0.2) is 9.97 Å². The standard InChI is InChI=1S/C13H18BrN3O.C7H15N.C6H4BrFN2O/c1-8-6-13(2,3)17(7-8)12-9(11(15)18)4-5-10(14)16-12;1-6-4-7(2,3)8-5-6;7-4-2-1-3(6(9)11)5(8)10-4/h4-5,8H,6-7H2,1-3H3,(H2,15,18);6,8H,4-5H2,1-3H3;1-2H,(H2,9,11)/t8-;6-;/m00./s1. The molecule has 0 bridgehead atoms. The first-order valence-electron chi connectivity index (χ1n) is 12.1. The number of anilines is 1. The fourth-order valence-corrected chi connectivity index (χ4v) is 5.43. The molecule has 2 aliphatic rings. The third-order valence-corrected chi connectivity index (χ3v) is 7.19. The van der Waals surface area contributed by atoms with E-state index in [0.717, 1.165) is 23.5 Å². The maximum Gasteiger partial charge on any atom is 0.253 e. The van der Waals surface area contributed by atoms with Gasteiger partial charge in [-0.15, -0.1) is 0 Å². The second-order valence-corrected chi connectivity index (χ2v) is 12.6. The van der Waals surface area contributed by atoms with Crippen molar-refractivity contribution in [3.8, 4) is 0 Å². The molecule has 2 aromatic heterocycles. The topological polar surface area (TPSA) is 127 Å². The van der Waals surface area contributed by atoms with E-state index in [-0.39, 0.29) is 11.1 Å². The van der Waals surface area contributed by atoms with Crippen molar-refractivity contribution in [1.82, 2.24) is 15.3 Å². The number of pyridine rings is 2. The minimum atomic E-state index is -0.855. The van der Waals surface area contributed by atoms with E-state index >= 15 is 0 Å². The minimum absolute atomic E-state index is 0.00257. The van der Waals surface area contributed by atoms with Gasteiger partial charge in [-0.1, -0.05) is 13.8 Å². The van der Waals surface area contributed by atoms with Crippen LogP contribution in [0, 0.1) is 17.8 Å². The predicted molar refractivity (Wildman–Crippen MR) is 152 cm³/mol. The van der Waals surface area contributed by atoms with E-state index in [2.05, 4.69) is 93.6 Å². The van der Waals surface area contributed by atoms with Crippen LogP contribution in [0.25, 0.3) is 0 Å². The first kappa shape index (κ1) is 31.1. The third kappa shape index (κ3) is 9.00. The van der Waals surface area contributed by atoms with Gasteiger partial charge in [0, 0.05) is 17.6 Å². The Morgan fingerprint density at radius 2 is 1.49 bits per heavy atom. The number of primary amides is 2. The molecule has 2 aliphatic heterocycles. The summed E-state index contributed by atoms with van der Waals surface area (Å²) in [5.41, 5.74) is 11.0. The number of carbonyl (C=O) groups is 2. The zero-order chi connectivity index (χ0) is 28.1. The Kier molecular flexibility index (Phi) is 10.6. The Morgan fingerprint density at radius 1 is 0.946 bits per heavy atom. The SMILES string of the molecule is C[C@@H]1CN(c2nc(Br)ccc2C(N)=O)C(C)(C)C1.C[C@@H]1CNC(C)(C)C1.NC(=O)c1ccc(Br)nc1F. The highest BCUT2D eigenvalue weighted by atomic mass is 79.9. The van der Waals surface area contributed by atoms with Gasteiger partial charge in [0.15, 0.2) is 0 Å². The highest BCUT2D eigenvalue weighted by Crippen LogP contribution is 2.37. The van der Waals surface area contributed by atoms with Crippen molar-refractivity contribution in [3.63, 3.8) is 0 Å². The molecule has 204 valence electrons. The van der Waals surface area contributed by atoms with Crippen LogP contribution in [0.4, 0.5) is 10.2 Å². The predicted octanol–water partition coefficient (Wildman–Crippen LogP) is 5.04. The molecule has 2 aromatic rings. The Morgan fingerprint density at radius 3 is 1.86 bits per heavy atom. The van der Waals surface area contributed by atoms with Crippen molar-refractivity contribution >= 4 is 49.5 Å². The maximum atomic E-state index is 12.7. The second-order valence-electron chi connectivity index (χ2n) is 11.0. The van der Waals surface area contributed by atoms with Crippen molar-refractivity contribution in [1.29, 1.82) is 0 Å². The number of nitrogens with zero attached hydrogens (tertiary/aromatic N) is 3. The van der Waals surface area contributed by atoms with Crippen LogP contribution >= 0.6 is 31.9 Å². The summed E-state index contributed by atoms with van der Waals surface area (Å²) in [5.74, 6) is 0.0486. The fourth-order valence-electron chi connectivity index (χ4n) is 4.84. The Balaban J connectivity index is 0.000000215. The summed E-state index contributed by atoms with van der Waals surface area (Å²) in [7, 11) is 0. The van der Waals surface area contributed by atoms with Gasteiger partial charge in [-0.05, 0) is 115 Å². The van der Waals surface area contributed by atoms with Gasteiger partial charge in [0.1, 0.15) is 15.0 Å². The van der Waals surface area contributed by atoms with Gasteiger partial charge in [-0.2, -0.15) is 4.39 Å². The van der Waals surface area contributed by atoms with E-state index in [1.807, 2.05) is 0 Å². The van der Waals surface area contributed by atoms with Crippen molar-refractivity contribution in [2.75, 3.05) is 18.0 Å². The Hall–Kier alpha value is -2.11. The zero-order valence-corrected chi connectivity index (χ0v) is 25.4. The number of hydrogen-bond donors (Lipinski definition) is 3. The van der Waals surface area contributed by atoms with Crippen LogP contribution in [-0.2, 0) is 0 Å². The van der Waals surface area contributed by atoms with E-state index in [9.17, 15) is 14.0 Å². The van der Waals surface area contributed by atoms with Crippen LogP contribution < -0.4 is 21.7 Å². The molecule has 0 radical (unpaired) electrons. The lowest BCUT2D eigenvalue weighted by Gasteiger charge is -2.33. The van der Waals surface area contributed by atoms with Crippen LogP contribution in [0.3, 0.4) is 0 Å². The monoisotopic (exact) mass is 642 g/mol. The molecule has 0 saturated carbocycles. The molecule has 0 spiro atoms. The molecule has 2 saturated heterocycles. The van der Waals surface area contributed by atoms with Gasteiger partial charge in [0.05, 0.1) is 11.1 Å². The molecule has 0 unspecified atom stereocenters. The normalized spacial score (nSPS) is 21.4. The molecular weight excluding hydrogens is 607 g/mol. The van der Waals surface area contributed by atoms with E-state index in [1.165, 1.54) is 25.1 Å². The van der Waals surface area contributed by atoms with Crippen LogP contribution in [0.2, 0.25) is 0 Å². The molecule has 2 fully saturated rings. The number of amides is 2. The van der Waals surface area contributed by atoms with Gasteiger partial charge in [0.25, 0.3) is 11.8 Å². The molecule has 2 atom stereocenters. The molecule has 2 amide bonds. The molecular formula is C26H37Br2FN6O2. The lowest BCUT2D eigenvalue weighted by atomic mass is 9.97. The number of halogens is 3. The highest BCUT2D eigenvalue weighted by molar-refractivity contribution is 9.10. The third-order valence-electron chi connectivity index (χ3n) is 6.30. The molecule has 11 heteroatoms. The lowest BCUT2D eigenvalue weighted by Crippen LogP contribution is -2.40. The van der Waals surface area contributed by atoms with E-state index < -0.39 is 17.8 Å². The molecule has 8 nitrogen and oxygen atoms in total. The second kappa shape index (κ2) is 12.6. The molecule has 5 N–H and O–H groups in total. The van der Waals surface area contributed by atoms with Gasteiger partial charge < -0.3 is 21.7 Å². The number of aromatic nitrogens is 2. The van der Waals surface area contributed by atoms with Gasteiger partial charge in [0.2, 0.25) is 5.95 Å². The molecule has 37 heavy (non-hydrogen) atoms. The number of carbonyl (C=O) groups excluding carboxylic acids is 2. The summed E-state index contributed by atoms with van der Waals surface area (Å²) in [6.07, 6.45) is 2.41. The summed E-state index contributed by atoms with van der Waals surface area (Å²) in [6, 6.07) is 6.20. The quantitative estimate of drug-likeness (QED) is 0.402. The van der Waals surface area contributed by atoms with Crippen molar-refractivity contribution in [2.45, 2.75) is 65.5 Å². The average Bonchev–Trinajstić information content (AvgIpc) is 3.22. The van der Waals surface area contributed by atoms with Gasteiger partial charge >= 0.3 is 0 Å². The van der Waals surface area contributed by atoms with Crippen LogP contribution in [0.15, 0.2) is 33.5 Å². The lowest BCUT2D eigenvalue weighted by molar-refractivity contribution is 0.0989. The largest absolute Gasteiger partial charge is 0.365 e. The summed E-state index contributed by atoms with van der Waals surface area (Å²) >= 11 is 6.30. The molecule has 4 heterocycles. The Labute approximate surface area is 235 Å². The molecule has 0 aromatic carbocycles. The van der Waals surface area contributed by atoms with Crippen LogP contribution in [0.5, 0.6) is 0 Å². The summed E-state index contributed by atoms with van der Waals surface area (Å²) in [6.45, 7) is 15.5. The number of hydrogen-bond acceptors (Lipinski definition) is 6. The molecule has 0 aliphatic carbocycles. The summed E-state index contributed by atoms with van der Waals surface area (Å²) in [4.78, 5) is 32.0. The number of nitrogens with one attached hydrogen (secondary N) is 1. The van der Waals surface area contributed by atoms with Crippen LogP contribution in [0.1, 0.15) is 75.1 Å². The first-order valence-corrected chi connectivity index (χ1v) is 13.7. The van der Waals surface area contributed by atoms with Crippen LogP contribution in [-0.4, -0.2) is 45.9 Å². The summed E-state index contributed by atoms with van der Waals surface area (Å²) in [5, 5.41) is 3.45. The number of rotatable bonds is 3. The smallest absolute Gasteiger partial charge is 0.253 e. The van der Waals surface area contributed by atoms with E-state index in [0.29, 0.717) is 27.4 Å². The first-order chi connectivity index (χ1) is 17.0. The molecule has 4 rings (SSSR count). The number of nitrogens with two attached hydrogens (primary N) is 2. The Bertz CT molecular complexity index is 1130. The fraction of sp³-hybridized carbons (Fsp3) is 0.538. The van der Waals surface area contributed by atoms with E-state index in [1.54, 1.807) is 12.1 Å². The van der Waals surface area contributed by atoms with E-state index in [4.69, 9.17) is 11.5 Å².